The molecule has 5 nitrogen and oxygen atoms in total. The maximum Gasteiger partial charge on any atom is 0.119 e. The zero-order valence-corrected chi connectivity index (χ0v) is 26.4. The lowest BCUT2D eigenvalue weighted by molar-refractivity contribution is 0.148. The van der Waals surface area contributed by atoms with Crippen molar-refractivity contribution in [3.8, 4) is 27.7 Å². The number of piperidine rings is 2. The number of phenolic OH excluding ortho intramolecular Hbond substituents is 1. The number of hydrogen-bond acceptors (Lipinski definition) is 6. The Morgan fingerprint density at radius 2 is 1.51 bits per heavy atom. The molecule has 228 valence electrons. The average Bonchev–Trinajstić information content (AvgIpc) is 3.38. The molecule has 0 amide bonds. The van der Waals surface area contributed by atoms with Crippen LogP contribution in [-0.2, 0) is 6.42 Å². The van der Waals surface area contributed by atoms with Crippen LogP contribution >= 0.6 is 11.3 Å². The molecule has 2 aliphatic heterocycles. The molecule has 1 atom stereocenters. The van der Waals surface area contributed by atoms with Gasteiger partial charge in [-0.25, -0.2) is 0 Å². The van der Waals surface area contributed by atoms with E-state index in [4.69, 9.17) is 9.47 Å². The largest absolute Gasteiger partial charge is 0.508 e. The van der Waals surface area contributed by atoms with Crippen LogP contribution in [0.5, 0.6) is 17.2 Å². The van der Waals surface area contributed by atoms with Crippen LogP contribution < -0.4 is 9.47 Å². The number of hydrogen-bond donors (Lipinski definition) is 1. The molecule has 0 spiro atoms. The summed E-state index contributed by atoms with van der Waals surface area (Å²) in [6, 6.07) is 23.6. The minimum Gasteiger partial charge on any atom is -0.508 e. The van der Waals surface area contributed by atoms with Gasteiger partial charge in [0.2, 0.25) is 0 Å². The van der Waals surface area contributed by atoms with E-state index in [9.17, 15) is 5.11 Å². The first-order valence-electron chi connectivity index (χ1n) is 16.3. The van der Waals surface area contributed by atoms with Gasteiger partial charge in [0.05, 0.1) is 6.61 Å². The monoisotopic (exact) mass is 598 g/mol. The number of rotatable bonds is 12. The molecule has 2 saturated heterocycles. The van der Waals surface area contributed by atoms with Gasteiger partial charge >= 0.3 is 0 Å². The van der Waals surface area contributed by atoms with Gasteiger partial charge in [0.15, 0.2) is 0 Å². The number of ether oxygens (including phenoxy) is 2. The molecular formula is C37H46N2O3S. The van der Waals surface area contributed by atoms with Crippen LogP contribution in [0.1, 0.15) is 63.0 Å². The number of benzene rings is 3. The van der Waals surface area contributed by atoms with Crippen molar-refractivity contribution >= 4 is 21.4 Å². The SMILES string of the molecule is CC1CCCCN1CCCOc1ccc(-c2sc3cc(O)ccc3c2Cc2ccc(OCCN3CCCCC3)cc2)cc1. The van der Waals surface area contributed by atoms with E-state index in [2.05, 4.69) is 71.3 Å². The minimum atomic E-state index is 0.306. The first kappa shape index (κ1) is 30.0. The lowest BCUT2D eigenvalue weighted by atomic mass is 9.99. The number of thiophene rings is 1. The molecule has 2 aliphatic rings. The molecule has 4 aromatic rings. The molecule has 0 aliphatic carbocycles. The van der Waals surface area contributed by atoms with Crippen LogP contribution in [0.25, 0.3) is 20.5 Å². The predicted octanol–water partition coefficient (Wildman–Crippen LogP) is 8.37. The fraction of sp³-hybridized carbons (Fsp3) is 0.459. The molecule has 43 heavy (non-hydrogen) atoms. The van der Waals surface area contributed by atoms with Gasteiger partial charge < -0.3 is 19.5 Å². The Bertz CT molecular complexity index is 1440. The summed E-state index contributed by atoms with van der Waals surface area (Å²) in [6.45, 7) is 9.57. The Balaban J connectivity index is 1.10. The third kappa shape index (κ3) is 7.91. The fourth-order valence-corrected chi connectivity index (χ4v) is 7.84. The van der Waals surface area contributed by atoms with Crippen molar-refractivity contribution < 1.29 is 14.6 Å². The van der Waals surface area contributed by atoms with Crippen molar-refractivity contribution in [3.63, 3.8) is 0 Å². The first-order valence-corrected chi connectivity index (χ1v) is 17.1. The number of likely N-dealkylation sites (tertiary alicyclic amines) is 2. The number of phenols is 1. The van der Waals surface area contributed by atoms with Crippen molar-refractivity contribution in [2.24, 2.45) is 0 Å². The molecule has 6 heteroatoms. The van der Waals surface area contributed by atoms with Gasteiger partial charge in [-0.1, -0.05) is 25.0 Å². The van der Waals surface area contributed by atoms with Crippen molar-refractivity contribution in [2.45, 2.75) is 64.3 Å². The van der Waals surface area contributed by atoms with Gasteiger partial charge in [0.1, 0.15) is 23.9 Å². The summed E-state index contributed by atoms with van der Waals surface area (Å²) in [5.74, 6) is 2.16. The average molecular weight is 599 g/mol. The van der Waals surface area contributed by atoms with Crippen LogP contribution in [0, 0.1) is 0 Å². The second-order valence-corrected chi connectivity index (χ2v) is 13.3. The van der Waals surface area contributed by atoms with Gasteiger partial charge in [-0.2, -0.15) is 0 Å². The molecule has 0 radical (unpaired) electrons. The summed E-state index contributed by atoms with van der Waals surface area (Å²) in [5.41, 5.74) is 3.73. The Labute approximate surface area is 261 Å². The van der Waals surface area contributed by atoms with Gasteiger partial charge in [-0.3, -0.25) is 4.90 Å². The zero-order valence-electron chi connectivity index (χ0n) is 25.6. The van der Waals surface area contributed by atoms with Gasteiger partial charge in [0.25, 0.3) is 0 Å². The summed E-state index contributed by atoms with van der Waals surface area (Å²) in [4.78, 5) is 6.36. The Kier molecular flexibility index (Phi) is 10.2. The van der Waals surface area contributed by atoms with Crippen LogP contribution in [0.3, 0.4) is 0 Å². The molecule has 1 N–H and O–H groups in total. The van der Waals surface area contributed by atoms with Crippen LogP contribution in [0.4, 0.5) is 0 Å². The highest BCUT2D eigenvalue weighted by atomic mass is 32.1. The van der Waals surface area contributed by atoms with Crippen molar-refractivity contribution in [3.05, 3.63) is 77.9 Å². The molecule has 3 heterocycles. The van der Waals surface area contributed by atoms with Crippen molar-refractivity contribution in [2.75, 3.05) is 45.9 Å². The highest BCUT2D eigenvalue weighted by Gasteiger charge is 2.18. The summed E-state index contributed by atoms with van der Waals surface area (Å²) in [5, 5.41) is 11.4. The van der Waals surface area contributed by atoms with Crippen molar-refractivity contribution in [1.82, 2.24) is 9.80 Å². The highest BCUT2D eigenvalue weighted by Crippen LogP contribution is 2.41. The van der Waals surface area contributed by atoms with E-state index in [1.807, 2.05) is 6.07 Å². The van der Waals surface area contributed by atoms with E-state index >= 15 is 0 Å². The van der Waals surface area contributed by atoms with Crippen LogP contribution in [0.15, 0.2) is 66.7 Å². The van der Waals surface area contributed by atoms with E-state index in [0.29, 0.717) is 11.8 Å². The Morgan fingerprint density at radius 1 is 0.791 bits per heavy atom. The Morgan fingerprint density at radius 3 is 2.28 bits per heavy atom. The van der Waals surface area contributed by atoms with E-state index in [1.54, 1.807) is 17.4 Å². The molecular weight excluding hydrogens is 552 g/mol. The Hall–Kier alpha value is -3.06. The van der Waals surface area contributed by atoms with E-state index < -0.39 is 0 Å². The molecule has 2 fully saturated rings. The van der Waals surface area contributed by atoms with Crippen molar-refractivity contribution in [1.29, 1.82) is 0 Å². The predicted molar refractivity (Wildman–Crippen MR) is 179 cm³/mol. The third-order valence-corrected chi connectivity index (χ3v) is 10.4. The first-order chi connectivity index (χ1) is 21.1. The molecule has 1 aromatic heterocycles. The van der Waals surface area contributed by atoms with E-state index in [-0.39, 0.29) is 0 Å². The quantitative estimate of drug-likeness (QED) is 0.166. The summed E-state index contributed by atoms with van der Waals surface area (Å²) < 4.78 is 13.3. The molecule has 0 saturated carbocycles. The summed E-state index contributed by atoms with van der Waals surface area (Å²) in [6.07, 6.45) is 9.86. The molecule has 0 bridgehead atoms. The zero-order chi connectivity index (χ0) is 29.4. The fourth-order valence-electron chi connectivity index (χ4n) is 6.58. The third-order valence-electron chi connectivity index (χ3n) is 9.12. The molecule has 6 rings (SSSR count). The van der Waals surface area contributed by atoms with E-state index in [0.717, 1.165) is 55.3 Å². The maximum atomic E-state index is 10.2. The summed E-state index contributed by atoms with van der Waals surface area (Å²) >= 11 is 1.75. The smallest absolute Gasteiger partial charge is 0.119 e. The summed E-state index contributed by atoms with van der Waals surface area (Å²) in [7, 11) is 0. The van der Waals surface area contributed by atoms with Crippen LogP contribution in [-0.4, -0.2) is 66.9 Å². The highest BCUT2D eigenvalue weighted by molar-refractivity contribution is 7.22. The van der Waals surface area contributed by atoms with Crippen LogP contribution in [0.2, 0.25) is 0 Å². The standard InChI is InChI=1S/C37H46N2O3S/c1-28-8-3-6-21-39(28)22-7-24-41-33-16-11-30(12-17-33)37-35(34-18-13-31(40)27-36(34)43-37)26-29-9-14-32(15-10-29)42-25-23-38-19-4-2-5-20-38/h9-18,27-28,40H,2-8,19-26H2,1H3. The van der Waals surface area contributed by atoms with Gasteiger partial charge in [-0.05, 0) is 142 Å². The van der Waals surface area contributed by atoms with Gasteiger partial charge in [-0.15, -0.1) is 11.3 Å². The van der Waals surface area contributed by atoms with E-state index in [1.165, 1.54) is 85.1 Å². The maximum absolute atomic E-state index is 10.2. The normalized spacial score (nSPS) is 18.2. The number of aromatic hydroxyl groups is 1. The number of nitrogens with zero attached hydrogens (tertiary/aromatic N) is 2. The minimum absolute atomic E-state index is 0.306. The lowest BCUT2D eigenvalue weighted by Crippen LogP contribution is -2.38. The van der Waals surface area contributed by atoms with Gasteiger partial charge in [0, 0.05) is 28.7 Å². The second kappa shape index (κ2) is 14.6. The second-order valence-electron chi connectivity index (χ2n) is 12.3. The lowest BCUT2D eigenvalue weighted by Gasteiger charge is -2.33. The molecule has 1 unspecified atom stereocenters. The topological polar surface area (TPSA) is 45.2 Å². The number of fused-ring (bicyclic) bond motifs is 1. The molecule has 3 aromatic carbocycles.